The normalized spacial score (nSPS) is 26.1. The van der Waals surface area contributed by atoms with Gasteiger partial charge in [-0.25, -0.2) is 0 Å². The van der Waals surface area contributed by atoms with Crippen LogP contribution in [0.1, 0.15) is 22.3 Å². The number of carbonyl (C=O) groups excluding carboxylic acids is 1. The van der Waals surface area contributed by atoms with Gasteiger partial charge in [0.25, 0.3) is 5.91 Å². The van der Waals surface area contributed by atoms with Crippen molar-refractivity contribution in [3.63, 3.8) is 0 Å². The maximum atomic E-state index is 12.9. The molecule has 2 saturated heterocycles. The highest BCUT2D eigenvalue weighted by atomic mass is 16.5. The number of rotatable bonds is 5. The molecular weight excluding hydrogens is 306 g/mol. The molecule has 2 aliphatic heterocycles. The minimum atomic E-state index is -0.204. The molecule has 5 nitrogen and oxygen atoms in total. The Labute approximate surface area is 142 Å². The van der Waals surface area contributed by atoms with Gasteiger partial charge in [-0.15, -0.1) is 6.58 Å². The minimum Gasteiger partial charge on any atom is -0.496 e. The van der Waals surface area contributed by atoms with E-state index in [1.807, 2.05) is 17.0 Å². The number of allylic oxidation sites excluding steroid dienone is 1. The molecule has 2 atom stereocenters. The SMILES string of the molecule is C=CCc1cc(C(=O)N2C[C@@H]3COCC[C@]3(CO)C2)ccc1OC. The molecule has 0 radical (unpaired) electrons. The highest BCUT2D eigenvalue weighted by Crippen LogP contribution is 2.42. The molecule has 1 aromatic carbocycles. The topological polar surface area (TPSA) is 59.0 Å². The summed E-state index contributed by atoms with van der Waals surface area (Å²) in [6, 6.07) is 5.52. The number of ether oxygens (including phenoxy) is 2. The van der Waals surface area contributed by atoms with Crippen LogP contribution in [0.4, 0.5) is 0 Å². The van der Waals surface area contributed by atoms with E-state index in [1.165, 1.54) is 0 Å². The van der Waals surface area contributed by atoms with E-state index in [1.54, 1.807) is 19.3 Å². The summed E-state index contributed by atoms with van der Waals surface area (Å²) in [4.78, 5) is 14.8. The van der Waals surface area contributed by atoms with Crippen LogP contribution >= 0.6 is 0 Å². The molecule has 0 bridgehead atoms. The largest absolute Gasteiger partial charge is 0.496 e. The Hall–Kier alpha value is -1.85. The van der Waals surface area contributed by atoms with Crippen molar-refractivity contribution < 1.29 is 19.4 Å². The van der Waals surface area contributed by atoms with Gasteiger partial charge >= 0.3 is 0 Å². The molecule has 0 spiro atoms. The van der Waals surface area contributed by atoms with E-state index in [2.05, 4.69) is 6.58 Å². The zero-order valence-electron chi connectivity index (χ0n) is 14.2. The van der Waals surface area contributed by atoms with Gasteiger partial charge in [0.1, 0.15) is 5.75 Å². The fraction of sp³-hybridized carbons (Fsp3) is 0.526. The number of hydrogen-bond donors (Lipinski definition) is 1. The summed E-state index contributed by atoms with van der Waals surface area (Å²) in [5, 5.41) is 9.88. The summed E-state index contributed by atoms with van der Waals surface area (Å²) in [6.07, 6.45) is 3.26. The Morgan fingerprint density at radius 3 is 3.08 bits per heavy atom. The zero-order valence-corrected chi connectivity index (χ0v) is 14.2. The lowest BCUT2D eigenvalue weighted by Crippen LogP contribution is -2.41. The molecule has 0 aromatic heterocycles. The van der Waals surface area contributed by atoms with E-state index in [0.717, 1.165) is 17.7 Å². The molecule has 3 rings (SSSR count). The maximum Gasteiger partial charge on any atom is 0.253 e. The Balaban J connectivity index is 1.82. The summed E-state index contributed by atoms with van der Waals surface area (Å²) >= 11 is 0. The second-order valence-electron chi connectivity index (χ2n) is 6.75. The molecular formula is C19H25NO4. The van der Waals surface area contributed by atoms with E-state index < -0.39 is 0 Å². The number of carbonyl (C=O) groups is 1. The van der Waals surface area contributed by atoms with Crippen LogP contribution in [0.5, 0.6) is 5.75 Å². The summed E-state index contributed by atoms with van der Waals surface area (Å²) in [6.45, 7) is 6.38. The van der Waals surface area contributed by atoms with E-state index in [4.69, 9.17) is 9.47 Å². The zero-order chi connectivity index (χ0) is 17.2. The van der Waals surface area contributed by atoms with Crippen LogP contribution in [-0.2, 0) is 11.2 Å². The third-order valence-corrected chi connectivity index (χ3v) is 5.37. The Morgan fingerprint density at radius 1 is 1.58 bits per heavy atom. The molecule has 2 heterocycles. The summed E-state index contributed by atoms with van der Waals surface area (Å²) < 4.78 is 10.9. The Bertz CT molecular complexity index is 630. The van der Waals surface area contributed by atoms with Gasteiger partial charge in [0.2, 0.25) is 0 Å². The van der Waals surface area contributed by atoms with Gasteiger partial charge in [-0.1, -0.05) is 6.08 Å². The van der Waals surface area contributed by atoms with Crippen LogP contribution in [-0.4, -0.2) is 55.9 Å². The fourth-order valence-electron chi connectivity index (χ4n) is 3.87. The number of fused-ring (bicyclic) bond motifs is 1. The monoisotopic (exact) mass is 331 g/mol. The smallest absolute Gasteiger partial charge is 0.253 e. The van der Waals surface area contributed by atoms with Gasteiger partial charge in [-0.2, -0.15) is 0 Å². The molecule has 130 valence electrons. The molecule has 5 heteroatoms. The van der Waals surface area contributed by atoms with Crippen molar-refractivity contribution >= 4 is 5.91 Å². The standard InChI is InChI=1S/C19H25NO4/c1-3-4-14-9-15(5-6-17(14)23-2)18(22)20-10-16-11-24-8-7-19(16,12-20)13-21/h3,5-6,9,16,21H,1,4,7-8,10-13H2,2H3/t16-,19-/m1/s1. The number of hydrogen-bond acceptors (Lipinski definition) is 4. The highest BCUT2D eigenvalue weighted by molar-refractivity contribution is 5.95. The fourth-order valence-corrected chi connectivity index (χ4v) is 3.87. The van der Waals surface area contributed by atoms with Crippen molar-refractivity contribution in [2.24, 2.45) is 11.3 Å². The summed E-state index contributed by atoms with van der Waals surface area (Å²) in [5.74, 6) is 0.984. The first kappa shape index (κ1) is 17.0. The second kappa shape index (κ2) is 6.95. The average Bonchev–Trinajstić information content (AvgIpc) is 3.01. The van der Waals surface area contributed by atoms with Crippen molar-refractivity contribution in [1.29, 1.82) is 0 Å². The van der Waals surface area contributed by atoms with Crippen LogP contribution in [0.15, 0.2) is 30.9 Å². The first-order valence-corrected chi connectivity index (χ1v) is 8.39. The molecule has 2 fully saturated rings. The molecule has 1 N–H and O–H groups in total. The predicted octanol–water partition coefficient (Wildman–Crippen LogP) is 1.89. The molecule has 24 heavy (non-hydrogen) atoms. The van der Waals surface area contributed by atoms with E-state index in [9.17, 15) is 9.90 Å². The van der Waals surface area contributed by atoms with Crippen molar-refractivity contribution in [2.75, 3.05) is 40.0 Å². The number of aliphatic hydroxyl groups excluding tert-OH is 1. The summed E-state index contributed by atoms with van der Waals surface area (Å²) in [7, 11) is 1.62. The molecule has 0 aliphatic carbocycles. The number of benzene rings is 1. The Morgan fingerprint density at radius 2 is 2.42 bits per heavy atom. The first-order valence-electron chi connectivity index (χ1n) is 8.39. The van der Waals surface area contributed by atoms with Gasteiger partial charge in [0.05, 0.1) is 20.3 Å². The van der Waals surface area contributed by atoms with Crippen LogP contribution in [0.25, 0.3) is 0 Å². The number of aliphatic hydroxyl groups is 1. The van der Waals surface area contributed by atoms with Gasteiger partial charge in [-0.3, -0.25) is 4.79 Å². The molecule has 0 unspecified atom stereocenters. The van der Waals surface area contributed by atoms with E-state index >= 15 is 0 Å². The van der Waals surface area contributed by atoms with Crippen molar-refractivity contribution in [3.8, 4) is 5.75 Å². The second-order valence-corrected chi connectivity index (χ2v) is 6.75. The molecule has 1 aromatic rings. The lowest BCUT2D eigenvalue weighted by Gasteiger charge is -2.36. The minimum absolute atomic E-state index is 0.00481. The lowest BCUT2D eigenvalue weighted by molar-refractivity contribution is -0.0415. The highest BCUT2D eigenvalue weighted by Gasteiger charge is 2.49. The average molecular weight is 331 g/mol. The van der Waals surface area contributed by atoms with Crippen molar-refractivity contribution in [3.05, 3.63) is 42.0 Å². The summed E-state index contributed by atoms with van der Waals surface area (Å²) in [5.41, 5.74) is 1.40. The molecule has 2 aliphatic rings. The molecule has 1 amide bonds. The van der Waals surface area contributed by atoms with Gasteiger partial charge in [0, 0.05) is 36.6 Å². The van der Waals surface area contributed by atoms with Crippen molar-refractivity contribution in [1.82, 2.24) is 4.90 Å². The van der Waals surface area contributed by atoms with Gasteiger partial charge in [-0.05, 0) is 36.6 Å². The molecule has 0 saturated carbocycles. The van der Waals surface area contributed by atoms with E-state index in [0.29, 0.717) is 38.3 Å². The number of amides is 1. The first-order chi connectivity index (χ1) is 11.6. The van der Waals surface area contributed by atoms with Crippen LogP contribution < -0.4 is 4.74 Å². The third-order valence-electron chi connectivity index (χ3n) is 5.37. The maximum absolute atomic E-state index is 12.9. The Kier molecular flexibility index (Phi) is 4.92. The quantitative estimate of drug-likeness (QED) is 0.837. The number of nitrogens with zero attached hydrogens (tertiary/aromatic N) is 1. The van der Waals surface area contributed by atoms with Gasteiger partial charge in [0.15, 0.2) is 0 Å². The van der Waals surface area contributed by atoms with Crippen LogP contribution in [0.2, 0.25) is 0 Å². The van der Waals surface area contributed by atoms with Gasteiger partial charge < -0.3 is 19.5 Å². The van der Waals surface area contributed by atoms with Crippen LogP contribution in [0, 0.1) is 11.3 Å². The lowest BCUT2D eigenvalue weighted by atomic mass is 9.75. The van der Waals surface area contributed by atoms with Crippen molar-refractivity contribution in [2.45, 2.75) is 12.8 Å². The predicted molar refractivity (Wildman–Crippen MR) is 91.2 cm³/mol. The number of methoxy groups -OCH3 is 1. The van der Waals surface area contributed by atoms with Crippen LogP contribution in [0.3, 0.4) is 0 Å². The number of likely N-dealkylation sites (tertiary alicyclic amines) is 1. The third kappa shape index (κ3) is 2.94. The van der Waals surface area contributed by atoms with E-state index in [-0.39, 0.29) is 23.8 Å².